The first kappa shape index (κ1) is 15.6. The van der Waals surface area contributed by atoms with Gasteiger partial charge in [0.15, 0.2) is 0 Å². The first-order valence-electron chi connectivity index (χ1n) is 6.72. The van der Waals surface area contributed by atoms with Crippen molar-refractivity contribution < 1.29 is 9.53 Å². The van der Waals surface area contributed by atoms with Crippen LogP contribution in [0.2, 0.25) is 0 Å². The molecule has 0 bridgehead atoms. The molecule has 1 atom stereocenters. The minimum atomic E-state index is -0.133. The Morgan fingerprint density at radius 3 is 2.67 bits per heavy atom. The van der Waals surface area contributed by atoms with E-state index in [9.17, 15) is 4.79 Å². The van der Waals surface area contributed by atoms with Crippen molar-refractivity contribution in [1.82, 2.24) is 5.32 Å². The fraction of sp³-hybridized carbons (Fsp3) is 0.235. The zero-order chi connectivity index (χ0) is 15.4. The molecule has 1 N–H and O–H groups in total. The number of ether oxygens (including phenoxy) is 1. The highest BCUT2D eigenvalue weighted by Crippen LogP contribution is 2.26. The molecule has 0 radical (unpaired) electrons. The van der Waals surface area contributed by atoms with Crippen LogP contribution < -0.4 is 10.1 Å². The normalized spacial score (nSPS) is 11.8. The minimum absolute atomic E-state index is 0.104. The van der Waals surface area contributed by atoms with Gasteiger partial charge >= 0.3 is 0 Å². The van der Waals surface area contributed by atoms with Crippen LogP contribution >= 0.6 is 15.9 Å². The van der Waals surface area contributed by atoms with Gasteiger partial charge in [0, 0.05) is 15.6 Å². The number of hydrogen-bond donors (Lipinski definition) is 1. The number of methoxy groups -OCH3 is 1. The molecule has 2 aromatic carbocycles. The maximum absolute atomic E-state index is 12.3. The quantitative estimate of drug-likeness (QED) is 0.897. The second kappa shape index (κ2) is 6.76. The summed E-state index contributed by atoms with van der Waals surface area (Å²) in [5, 5.41) is 3.00. The van der Waals surface area contributed by atoms with E-state index in [0.717, 1.165) is 21.3 Å². The van der Waals surface area contributed by atoms with Crippen molar-refractivity contribution in [2.24, 2.45) is 0 Å². The lowest BCUT2D eigenvalue weighted by Crippen LogP contribution is -2.27. The molecular formula is C17H18BrNO2. The largest absolute Gasteiger partial charge is 0.496 e. The van der Waals surface area contributed by atoms with E-state index in [-0.39, 0.29) is 11.9 Å². The zero-order valence-electron chi connectivity index (χ0n) is 12.3. The van der Waals surface area contributed by atoms with Gasteiger partial charge in [-0.1, -0.05) is 39.7 Å². The Bertz CT molecular complexity index is 655. The number of amides is 1. The summed E-state index contributed by atoms with van der Waals surface area (Å²) in [5.41, 5.74) is 2.73. The average molecular weight is 348 g/mol. The molecule has 21 heavy (non-hydrogen) atoms. The van der Waals surface area contributed by atoms with Crippen LogP contribution in [0, 0.1) is 6.92 Å². The molecule has 0 unspecified atom stereocenters. The van der Waals surface area contributed by atoms with Gasteiger partial charge in [0.1, 0.15) is 5.75 Å². The summed E-state index contributed by atoms with van der Waals surface area (Å²) in [6.45, 7) is 3.97. The number of hydrogen-bond acceptors (Lipinski definition) is 2. The van der Waals surface area contributed by atoms with Crippen molar-refractivity contribution in [3.05, 3.63) is 63.6 Å². The number of benzene rings is 2. The van der Waals surface area contributed by atoms with Crippen LogP contribution in [0.1, 0.15) is 34.5 Å². The van der Waals surface area contributed by atoms with Gasteiger partial charge in [-0.3, -0.25) is 4.79 Å². The Hall–Kier alpha value is -1.81. The van der Waals surface area contributed by atoms with Crippen LogP contribution in [0.25, 0.3) is 0 Å². The molecule has 2 aromatic rings. The number of carbonyl (C=O) groups is 1. The Labute approximate surface area is 133 Å². The van der Waals surface area contributed by atoms with E-state index in [0.29, 0.717) is 5.56 Å². The Morgan fingerprint density at radius 1 is 1.24 bits per heavy atom. The predicted octanol–water partition coefficient (Wildman–Crippen LogP) is 4.26. The van der Waals surface area contributed by atoms with Gasteiger partial charge in [-0.05, 0) is 38.1 Å². The van der Waals surface area contributed by atoms with Gasteiger partial charge < -0.3 is 10.1 Å². The van der Waals surface area contributed by atoms with Gasteiger partial charge in [0.2, 0.25) is 0 Å². The lowest BCUT2D eigenvalue weighted by Gasteiger charge is -2.18. The summed E-state index contributed by atoms with van der Waals surface area (Å²) in [7, 11) is 1.64. The highest BCUT2D eigenvalue weighted by molar-refractivity contribution is 9.10. The molecular weight excluding hydrogens is 330 g/mol. The fourth-order valence-corrected chi connectivity index (χ4v) is 2.58. The van der Waals surface area contributed by atoms with Crippen LogP contribution in [0.3, 0.4) is 0 Å². The third kappa shape index (κ3) is 3.85. The standard InChI is InChI=1S/C17H18BrNO2/c1-11-7-8-16(21-3)15(9-11)12(2)19-17(20)13-5-4-6-14(18)10-13/h4-10,12H,1-3H3,(H,19,20)/t12-/m0/s1. The van der Waals surface area contributed by atoms with Crippen molar-refractivity contribution >= 4 is 21.8 Å². The molecule has 0 aliphatic rings. The summed E-state index contributed by atoms with van der Waals surface area (Å²) in [6.07, 6.45) is 0. The van der Waals surface area contributed by atoms with Crippen molar-refractivity contribution in [3.8, 4) is 5.75 Å². The summed E-state index contributed by atoms with van der Waals surface area (Å²) < 4.78 is 6.25. The lowest BCUT2D eigenvalue weighted by atomic mass is 10.0. The van der Waals surface area contributed by atoms with Crippen molar-refractivity contribution in [2.45, 2.75) is 19.9 Å². The molecule has 0 saturated heterocycles. The third-order valence-corrected chi connectivity index (χ3v) is 3.78. The lowest BCUT2D eigenvalue weighted by molar-refractivity contribution is 0.0939. The smallest absolute Gasteiger partial charge is 0.251 e. The van der Waals surface area contributed by atoms with E-state index in [4.69, 9.17) is 4.74 Å². The molecule has 110 valence electrons. The van der Waals surface area contributed by atoms with Gasteiger partial charge in [-0.25, -0.2) is 0 Å². The van der Waals surface area contributed by atoms with Crippen molar-refractivity contribution in [3.63, 3.8) is 0 Å². The maximum Gasteiger partial charge on any atom is 0.251 e. The Kier molecular flexibility index (Phi) is 5.02. The summed E-state index contributed by atoms with van der Waals surface area (Å²) in [6, 6.07) is 13.1. The first-order chi connectivity index (χ1) is 10.0. The molecule has 0 heterocycles. The van der Waals surface area contributed by atoms with Gasteiger partial charge in [-0.2, -0.15) is 0 Å². The summed E-state index contributed by atoms with van der Waals surface area (Å²) in [4.78, 5) is 12.3. The average Bonchev–Trinajstić information content (AvgIpc) is 2.47. The topological polar surface area (TPSA) is 38.3 Å². The predicted molar refractivity (Wildman–Crippen MR) is 87.8 cm³/mol. The summed E-state index contributed by atoms with van der Waals surface area (Å²) >= 11 is 3.37. The second-order valence-corrected chi connectivity index (χ2v) is 5.87. The van der Waals surface area contributed by atoms with E-state index >= 15 is 0 Å². The van der Waals surface area contributed by atoms with E-state index in [1.54, 1.807) is 19.2 Å². The number of halogens is 1. The minimum Gasteiger partial charge on any atom is -0.496 e. The molecule has 0 fully saturated rings. The van der Waals surface area contributed by atoms with E-state index in [1.807, 2.05) is 44.2 Å². The van der Waals surface area contributed by atoms with Crippen LogP contribution in [-0.4, -0.2) is 13.0 Å². The Balaban J connectivity index is 2.20. The highest BCUT2D eigenvalue weighted by Gasteiger charge is 2.15. The molecule has 2 rings (SSSR count). The molecule has 0 aliphatic heterocycles. The third-order valence-electron chi connectivity index (χ3n) is 3.29. The molecule has 0 saturated carbocycles. The van der Waals surface area contributed by atoms with E-state index in [2.05, 4.69) is 21.2 Å². The molecule has 4 heteroatoms. The van der Waals surface area contributed by atoms with Gasteiger partial charge in [-0.15, -0.1) is 0 Å². The first-order valence-corrected chi connectivity index (χ1v) is 7.51. The van der Waals surface area contributed by atoms with Gasteiger partial charge in [0.25, 0.3) is 5.91 Å². The number of rotatable bonds is 4. The van der Waals surface area contributed by atoms with Crippen LogP contribution in [0.15, 0.2) is 46.9 Å². The fourth-order valence-electron chi connectivity index (χ4n) is 2.18. The van der Waals surface area contributed by atoms with Gasteiger partial charge in [0.05, 0.1) is 13.2 Å². The Morgan fingerprint density at radius 2 is 2.00 bits per heavy atom. The SMILES string of the molecule is COc1ccc(C)cc1[C@H](C)NC(=O)c1cccc(Br)c1. The van der Waals surface area contributed by atoms with Crippen molar-refractivity contribution in [2.75, 3.05) is 7.11 Å². The van der Waals surface area contributed by atoms with Crippen LogP contribution in [0.4, 0.5) is 0 Å². The van der Waals surface area contributed by atoms with E-state index in [1.165, 1.54) is 0 Å². The molecule has 0 aromatic heterocycles. The maximum atomic E-state index is 12.3. The summed E-state index contributed by atoms with van der Waals surface area (Å²) in [5.74, 6) is 0.676. The number of carbonyl (C=O) groups excluding carboxylic acids is 1. The molecule has 1 amide bonds. The number of aryl methyl sites for hydroxylation is 1. The zero-order valence-corrected chi connectivity index (χ0v) is 13.9. The molecule has 0 spiro atoms. The highest BCUT2D eigenvalue weighted by atomic mass is 79.9. The molecule has 3 nitrogen and oxygen atoms in total. The van der Waals surface area contributed by atoms with Crippen LogP contribution in [-0.2, 0) is 0 Å². The van der Waals surface area contributed by atoms with Crippen LogP contribution in [0.5, 0.6) is 5.75 Å². The second-order valence-electron chi connectivity index (χ2n) is 4.95. The van der Waals surface area contributed by atoms with E-state index < -0.39 is 0 Å². The number of nitrogens with one attached hydrogen (secondary N) is 1. The molecule has 0 aliphatic carbocycles. The van der Waals surface area contributed by atoms with Crippen molar-refractivity contribution in [1.29, 1.82) is 0 Å². The monoisotopic (exact) mass is 347 g/mol.